The van der Waals surface area contributed by atoms with E-state index in [2.05, 4.69) is 4.98 Å². The van der Waals surface area contributed by atoms with Crippen LogP contribution in [0, 0.1) is 0 Å². The van der Waals surface area contributed by atoms with Gasteiger partial charge in [0.1, 0.15) is 5.01 Å². The lowest BCUT2D eigenvalue weighted by Gasteiger charge is -2.25. The number of methoxy groups -OCH3 is 1. The number of esters is 1. The second kappa shape index (κ2) is 10.5. The number of hydrogen-bond acceptors (Lipinski definition) is 8. The van der Waals surface area contributed by atoms with Crippen LogP contribution in [-0.2, 0) is 30.9 Å². The Hall–Kier alpha value is -2.30. The largest absolute Gasteiger partial charge is 0.466 e. The van der Waals surface area contributed by atoms with E-state index in [1.54, 1.807) is 29.0 Å². The number of rotatable bonds is 7. The number of anilines is 1. The Balaban J connectivity index is 1.44. The second-order valence-electron chi connectivity index (χ2n) is 8.22. The third-order valence-corrected chi connectivity index (χ3v) is 8.49. The first-order chi connectivity index (χ1) is 16.3. The van der Waals surface area contributed by atoms with Crippen LogP contribution in [0.2, 0.25) is 5.02 Å². The SMILES string of the molecule is CCOC(=O)CCSc1cnc(CC(=O)N2CC3(CCN(C(=O)OC)C3)c3cc(Cl)ccc32)s1. The number of thiazole rings is 1. The van der Waals surface area contributed by atoms with Gasteiger partial charge < -0.3 is 19.3 Å². The molecule has 2 aliphatic rings. The number of ether oxygens (including phenoxy) is 2. The first-order valence-corrected chi connectivity index (χ1v) is 13.2. The van der Waals surface area contributed by atoms with E-state index in [9.17, 15) is 14.4 Å². The molecule has 1 aromatic heterocycles. The Bertz CT molecular complexity index is 1090. The van der Waals surface area contributed by atoms with Crippen LogP contribution in [0.25, 0.3) is 0 Å². The topological polar surface area (TPSA) is 89.0 Å². The Labute approximate surface area is 211 Å². The van der Waals surface area contributed by atoms with Gasteiger partial charge in [0.2, 0.25) is 5.91 Å². The standard InChI is InChI=1S/C23H26ClN3O5S2/c1-3-32-20(29)6-9-33-21-12-25-18(34-21)11-19(28)27-14-23(7-8-26(13-23)22(30)31-2)16-10-15(24)4-5-17(16)27/h4-5,10,12H,3,6-9,11,13-14H2,1-2H3. The molecule has 1 saturated heterocycles. The molecule has 11 heteroatoms. The minimum absolute atomic E-state index is 0.0469. The van der Waals surface area contributed by atoms with Crippen LogP contribution in [0.15, 0.2) is 28.6 Å². The zero-order valence-corrected chi connectivity index (χ0v) is 21.4. The van der Waals surface area contributed by atoms with Crippen LogP contribution in [0.4, 0.5) is 10.5 Å². The Morgan fingerprint density at radius 2 is 2.12 bits per heavy atom. The smallest absolute Gasteiger partial charge is 0.409 e. The van der Waals surface area contributed by atoms with Gasteiger partial charge >= 0.3 is 12.1 Å². The van der Waals surface area contributed by atoms with Crippen molar-refractivity contribution in [1.82, 2.24) is 9.88 Å². The molecule has 0 saturated carbocycles. The number of carbonyl (C=O) groups excluding carboxylic acids is 3. The predicted molar refractivity (Wildman–Crippen MR) is 132 cm³/mol. The molecule has 0 N–H and O–H groups in total. The Kier molecular flexibility index (Phi) is 7.69. The van der Waals surface area contributed by atoms with Crippen molar-refractivity contribution in [3.8, 4) is 0 Å². The highest BCUT2D eigenvalue weighted by atomic mass is 35.5. The number of hydrogen-bond donors (Lipinski definition) is 0. The number of aromatic nitrogens is 1. The zero-order chi connectivity index (χ0) is 24.3. The van der Waals surface area contributed by atoms with Crippen LogP contribution in [-0.4, -0.2) is 67.0 Å². The lowest BCUT2D eigenvalue weighted by atomic mass is 9.81. The monoisotopic (exact) mass is 523 g/mol. The van der Waals surface area contributed by atoms with Gasteiger partial charge in [0.25, 0.3) is 0 Å². The van der Waals surface area contributed by atoms with Crippen molar-refractivity contribution in [3.63, 3.8) is 0 Å². The summed E-state index contributed by atoms with van der Waals surface area (Å²) in [4.78, 5) is 44.8. The first-order valence-electron chi connectivity index (χ1n) is 11.0. The maximum absolute atomic E-state index is 13.3. The van der Waals surface area contributed by atoms with E-state index in [1.807, 2.05) is 12.1 Å². The van der Waals surface area contributed by atoms with Gasteiger partial charge in [-0.2, -0.15) is 0 Å². The molecule has 1 fully saturated rings. The number of benzene rings is 1. The lowest BCUT2D eigenvalue weighted by molar-refractivity contribution is -0.142. The van der Waals surface area contributed by atoms with E-state index >= 15 is 0 Å². The van der Waals surface area contributed by atoms with Crippen molar-refractivity contribution in [2.24, 2.45) is 0 Å². The first kappa shape index (κ1) is 24.8. The van der Waals surface area contributed by atoms with Crippen molar-refractivity contribution in [3.05, 3.63) is 40.0 Å². The van der Waals surface area contributed by atoms with Gasteiger partial charge in [0, 0.05) is 41.5 Å². The van der Waals surface area contributed by atoms with E-state index in [1.165, 1.54) is 30.2 Å². The molecule has 0 bridgehead atoms. The van der Waals surface area contributed by atoms with Crippen LogP contribution in [0.5, 0.6) is 0 Å². The fraction of sp³-hybridized carbons (Fsp3) is 0.478. The van der Waals surface area contributed by atoms with E-state index in [-0.39, 0.29) is 29.8 Å². The van der Waals surface area contributed by atoms with Gasteiger partial charge in [-0.15, -0.1) is 23.1 Å². The Morgan fingerprint density at radius 1 is 1.29 bits per heavy atom. The van der Waals surface area contributed by atoms with Crippen LogP contribution < -0.4 is 4.90 Å². The van der Waals surface area contributed by atoms with Gasteiger partial charge in [-0.25, -0.2) is 9.78 Å². The summed E-state index contributed by atoms with van der Waals surface area (Å²) in [5.74, 6) is 0.345. The van der Waals surface area contributed by atoms with Crippen molar-refractivity contribution in [2.45, 2.75) is 35.8 Å². The molecule has 2 aliphatic heterocycles. The summed E-state index contributed by atoms with van der Waals surface area (Å²) in [7, 11) is 1.38. The fourth-order valence-electron chi connectivity index (χ4n) is 4.51. The third kappa shape index (κ3) is 5.18. The summed E-state index contributed by atoms with van der Waals surface area (Å²) in [5, 5.41) is 1.33. The van der Waals surface area contributed by atoms with Gasteiger partial charge in [-0.1, -0.05) is 11.6 Å². The lowest BCUT2D eigenvalue weighted by Crippen LogP contribution is -2.40. The molecule has 1 unspecified atom stereocenters. The quantitative estimate of drug-likeness (QED) is 0.398. The van der Waals surface area contributed by atoms with Gasteiger partial charge in [-0.05, 0) is 37.1 Å². The molecule has 2 amide bonds. The van der Waals surface area contributed by atoms with E-state index in [0.717, 1.165) is 26.9 Å². The highest BCUT2D eigenvalue weighted by Crippen LogP contribution is 2.47. The molecular weight excluding hydrogens is 498 g/mol. The molecule has 2 aromatic rings. The number of amides is 2. The molecule has 182 valence electrons. The van der Waals surface area contributed by atoms with Crippen LogP contribution in [0.3, 0.4) is 0 Å². The van der Waals surface area contributed by atoms with Gasteiger partial charge in [0.15, 0.2) is 0 Å². The molecule has 1 atom stereocenters. The molecule has 3 heterocycles. The number of nitrogens with zero attached hydrogens (tertiary/aromatic N) is 3. The fourth-order valence-corrected chi connectivity index (χ4v) is 6.69. The van der Waals surface area contributed by atoms with Crippen molar-refractivity contribution in [2.75, 3.05) is 44.0 Å². The average molecular weight is 524 g/mol. The normalized spacial score (nSPS) is 18.9. The number of fused-ring (bicyclic) bond motifs is 2. The minimum Gasteiger partial charge on any atom is -0.466 e. The number of halogens is 1. The average Bonchev–Trinajstić information content (AvgIpc) is 3.52. The molecule has 1 aromatic carbocycles. The zero-order valence-electron chi connectivity index (χ0n) is 19.0. The van der Waals surface area contributed by atoms with Crippen LogP contribution in [0.1, 0.15) is 30.3 Å². The minimum atomic E-state index is -0.360. The molecule has 0 radical (unpaired) electrons. The van der Waals surface area contributed by atoms with E-state index in [0.29, 0.717) is 43.4 Å². The summed E-state index contributed by atoms with van der Waals surface area (Å²) in [6, 6.07) is 5.57. The molecule has 1 spiro atoms. The van der Waals surface area contributed by atoms with Crippen molar-refractivity contribution < 1.29 is 23.9 Å². The maximum Gasteiger partial charge on any atom is 0.409 e. The van der Waals surface area contributed by atoms with Crippen molar-refractivity contribution in [1.29, 1.82) is 0 Å². The van der Waals surface area contributed by atoms with E-state index < -0.39 is 0 Å². The second-order valence-corrected chi connectivity index (χ2v) is 11.2. The number of thioether (sulfide) groups is 1. The molecule has 34 heavy (non-hydrogen) atoms. The van der Waals surface area contributed by atoms with E-state index in [4.69, 9.17) is 21.1 Å². The van der Waals surface area contributed by atoms with Crippen LogP contribution >= 0.6 is 34.7 Å². The molecule has 0 aliphatic carbocycles. The summed E-state index contributed by atoms with van der Waals surface area (Å²) in [6.45, 7) is 3.70. The summed E-state index contributed by atoms with van der Waals surface area (Å²) < 4.78 is 10.8. The third-order valence-electron chi connectivity index (χ3n) is 6.06. The summed E-state index contributed by atoms with van der Waals surface area (Å²) in [6.07, 6.45) is 2.64. The molecule has 4 rings (SSSR count). The number of likely N-dealkylation sites (tertiary alicyclic amines) is 1. The highest BCUT2D eigenvalue weighted by Gasteiger charge is 2.50. The number of carbonyl (C=O) groups is 3. The van der Waals surface area contributed by atoms with Crippen molar-refractivity contribution >= 4 is 58.4 Å². The Morgan fingerprint density at radius 3 is 2.88 bits per heavy atom. The van der Waals surface area contributed by atoms with Gasteiger partial charge in [-0.3, -0.25) is 9.59 Å². The molecule has 8 nitrogen and oxygen atoms in total. The maximum atomic E-state index is 13.3. The molecular formula is C23H26ClN3O5S2. The van der Waals surface area contributed by atoms with Gasteiger partial charge in [0.05, 0.1) is 37.0 Å². The predicted octanol–water partition coefficient (Wildman–Crippen LogP) is 4.14. The summed E-state index contributed by atoms with van der Waals surface area (Å²) >= 11 is 9.29. The summed E-state index contributed by atoms with van der Waals surface area (Å²) in [5.41, 5.74) is 1.47. The highest BCUT2D eigenvalue weighted by molar-refractivity contribution is 8.01.